The van der Waals surface area contributed by atoms with E-state index >= 15 is 0 Å². The van der Waals surface area contributed by atoms with Gasteiger partial charge in [-0.15, -0.1) is 0 Å². The molecular formula is C14H13N3O4S. The van der Waals surface area contributed by atoms with Crippen LogP contribution >= 0.6 is 11.3 Å². The lowest BCUT2D eigenvalue weighted by Crippen LogP contribution is -2.10. The molecule has 22 heavy (non-hydrogen) atoms. The van der Waals surface area contributed by atoms with Gasteiger partial charge in [0, 0.05) is 18.2 Å². The second-order valence-corrected chi connectivity index (χ2v) is 5.51. The van der Waals surface area contributed by atoms with Gasteiger partial charge in [0.15, 0.2) is 16.6 Å². The van der Waals surface area contributed by atoms with E-state index in [0.29, 0.717) is 27.8 Å². The second kappa shape index (κ2) is 5.64. The van der Waals surface area contributed by atoms with Gasteiger partial charge in [-0.05, 0) is 6.92 Å². The minimum atomic E-state index is -0.390. The Labute approximate surface area is 129 Å². The van der Waals surface area contributed by atoms with E-state index in [1.165, 1.54) is 11.3 Å². The first-order valence-electron chi connectivity index (χ1n) is 6.38. The highest BCUT2D eigenvalue weighted by Crippen LogP contribution is 2.36. The zero-order chi connectivity index (χ0) is 15.7. The van der Waals surface area contributed by atoms with E-state index in [0.717, 1.165) is 4.70 Å². The van der Waals surface area contributed by atoms with Gasteiger partial charge < -0.3 is 14.0 Å². The zero-order valence-electron chi connectivity index (χ0n) is 12.2. The van der Waals surface area contributed by atoms with Crippen LogP contribution in [0, 0.1) is 6.92 Å². The molecule has 3 rings (SSSR count). The van der Waals surface area contributed by atoms with E-state index in [-0.39, 0.29) is 5.76 Å². The quantitative estimate of drug-likeness (QED) is 0.795. The number of anilines is 1. The third-order valence-corrected chi connectivity index (χ3v) is 3.90. The van der Waals surface area contributed by atoms with Gasteiger partial charge in [0.25, 0.3) is 5.91 Å². The van der Waals surface area contributed by atoms with Gasteiger partial charge in [0.05, 0.1) is 30.1 Å². The molecule has 8 heteroatoms. The van der Waals surface area contributed by atoms with Crippen LogP contribution in [0.15, 0.2) is 22.7 Å². The molecular weight excluding hydrogens is 306 g/mol. The highest BCUT2D eigenvalue weighted by molar-refractivity contribution is 7.22. The van der Waals surface area contributed by atoms with Crippen LogP contribution in [0.25, 0.3) is 10.2 Å². The fourth-order valence-electron chi connectivity index (χ4n) is 1.94. The first-order valence-corrected chi connectivity index (χ1v) is 7.19. The molecule has 2 heterocycles. The number of aryl methyl sites for hydroxylation is 1. The minimum absolute atomic E-state index is 0.145. The molecule has 0 aliphatic heterocycles. The monoisotopic (exact) mass is 319 g/mol. The van der Waals surface area contributed by atoms with Crippen molar-refractivity contribution >= 4 is 32.6 Å². The molecule has 0 fully saturated rings. The summed E-state index contributed by atoms with van der Waals surface area (Å²) in [6, 6.07) is 5.15. The molecule has 3 aromatic rings. The summed E-state index contributed by atoms with van der Waals surface area (Å²) < 4.78 is 16.3. The Morgan fingerprint density at radius 2 is 1.95 bits per heavy atom. The summed E-state index contributed by atoms with van der Waals surface area (Å²) in [7, 11) is 3.13. The Morgan fingerprint density at radius 3 is 2.59 bits per heavy atom. The number of thiazole rings is 1. The average Bonchev–Trinajstić information content (AvgIpc) is 3.10. The largest absolute Gasteiger partial charge is 0.493 e. The average molecular weight is 319 g/mol. The van der Waals surface area contributed by atoms with E-state index in [1.807, 2.05) is 6.07 Å². The number of aromatic nitrogens is 2. The van der Waals surface area contributed by atoms with Crippen LogP contribution in [-0.2, 0) is 0 Å². The molecule has 2 aromatic heterocycles. The molecule has 0 aliphatic rings. The van der Waals surface area contributed by atoms with Crippen molar-refractivity contribution in [2.75, 3.05) is 19.5 Å². The summed E-state index contributed by atoms with van der Waals surface area (Å²) in [6.07, 6.45) is 0. The summed E-state index contributed by atoms with van der Waals surface area (Å²) in [6.45, 7) is 1.75. The van der Waals surface area contributed by atoms with Crippen LogP contribution in [0.4, 0.5) is 5.13 Å². The van der Waals surface area contributed by atoms with Crippen molar-refractivity contribution < 1.29 is 18.8 Å². The van der Waals surface area contributed by atoms with Crippen LogP contribution in [-0.4, -0.2) is 30.3 Å². The summed E-state index contributed by atoms with van der Waals surface area (Å²) in [4.78, 5) is 16.4. The third kappa shape index (κ3) is 2.60. The molecule has 0 bridgehead atoms. The van der Waals surface area contributed by atoms with Gasteiger partial charge in [-0.2, -0.15) is 0 Å². The van der Waals surface area contributed by atoms with E-state index < -0.39 is 5.91 Å². The summed E-state index contributed by atoms with van der Waals surface area (Å²) in [5, 5.41) is 6.83. The third-order valence-electron chi connectivity index (χ3n) is 2.97. The molecule has 0 spiro atoms. The molecule has 0 saturated heterocycles. The fraction of sp³-hybridized carbons (Fsp3) is 0.214. The number of hydrogen-bond donors (Lipinski definition) is 1. The Kier molecular flexibility index (Phi) is 3.68. The van der Waals surface area contributed by atoms with Crippen LogP contribution in [0.2, 0.25) is 0 Å². The van der Waals surface area contributed by atoms with Crippen molar-refractivity contribution in [3.05, 3.63) is 29.7 Å². The fourth-order valence-corrected chi connectivity index (χ4v) is 2.81. The number of ether oxygens (including phenoxy) is 2. The molecule has 7 nitrogen and oxygen atoms in total. The Hall–Kier alpha value is -2.61. The minimum Gasteiger partial charge on any atom is -0.493 e. The van der Waals surface area contributed by atoms with E-state index in [1.54, 1.807) is 33.3 Å². The maximum atomic E-state index is 12.0. The summed E-state index contributed by atoms with van der Waals surface area (Å²) in [5.74, 6) is 0.955. The van der Waals surface area contributed by atoms with Gasteiger partial charge in [0.1, 0.15) is 0 Å². The van der Waals surface area contributed by atoms with Crippen molar-refractivity contribution in [3.8, 4) is 11.5 Å². The van der Waals surface area contributed by atoms with Gasteiger partial charge in [-0.1, -0.05) is 16.5 Å². The molecule has 1 amide bonds. The lowest BCUT2D eigenvalue weighted by atomic mass is 10.3. The molecule has 0 unspecified atom stereocenters. The van der Waals surface area contributed by atoms with Gasteiger partial charge in [0.2, 0.25) is 5.76 Å². The molecule has 114 valence electrons. The maximum absolute atomic E-state index is 12.0. The number of nitrogens with zero attached hydrogens (tertiary/aromatic N) is 2. The number of carbonyl (C=O) groups excluding carboxylic acids is 1. The number of benzene rings is 1. The van der Waals surface area contributed by atoms with Crippen LogP contribution in [0.5, 0.6) is 11.5 Å². The van der Waals surface area contributed by atoms with Crippen LogP contribution in [0.1, 0.15) is 16.2 Å². The van der Waals surface area contributed by atoms with Gasteiger partial charge >= 0.3 is 0 Å². The second-order valence-electron chi connectivity index (χ2n) is 4.48. The van der Waals surface area contributed by atoms with Crippen LogP contribution in [0.3, 0.4) is 0 Å². The van der Waals surface area contributed by atoms with Crippen molar-refractivity contribution in [1.82, 2.24) is 10.1 Å². The number of methoxy groups -OCH3 is 2. The number of amides is 1. The van der Waals surface area contributed by atoms with Crippen LogP contribution < -0.4 is 14.8 Å². The number of fused-ring (bicyclic) bond motifs is 1. The predicted octanol–water partition coefficient (Wildman–Crippen LogP) is 2.86. The SMILES string of the molecule is COc1cc2nc(NC(=O)c3cc(C)no3)sc2cc1OC. The van der Waals surface area contributed by atoms with E-state index in [9.17, 15) is 4.79 Å². The number of carbonyl (C=O) groups is 1. The standard InChI is InChI=1S/C14H13N3O4S/c1-7-4-11(21-17-7)13(18)16-14-15-8-5-9(19-2)10(20-3)6-12(8)22-14/h4-6H,1-3H3,(H,15,16,18). The summed E-state index contributed by atoms with van der Waals surface area (Å²) >= 11 is 1.34. The Morgan fingerprint density at radius 1 is 1.23 bits per heavy atom. The van der Waals surface area contributed by atoms with E-state index in [4.69, 9.17) is 14.0 Å². The molecule has 0 radical (unpaired) electrons. The lowest BCUT2D eigenvalue weighted by Gasteiger charge is -2.05. The van der Waals surface area contributed by atoms with Gasteiger partial charge in [-0.25, -0.2) is 4.98 Å². The Balaban J connectivity index is 1.90. The molecule has 0 saturated carbocycles. The lowest BCUT2D eigenvalue weighted by molar-refractivity contribution is 0.0988. The number of rotatable bonds is 4. The van der Waals surface area contributed by atoms with E-state index in [2.05, 4.69) is 15.5 Å². The van der Waals surface area contributed by atoms with Crippen molar-refractivity contribution in [1.29, 1.82) is 0 Å². The number of nitrogens with one attached hydrogen (secondary N) is 1. The highest BCUT2D eigenvalue weighted by atomic mass is 32.1. The maximum Gasteiger partial charge on any atom is 0.296 e. The molecule has 1 N–H and O–H groups in total. The first-order chi connectivity index (χ1) is 10.6. The zero-order valence-corrected chi connectivity index (χ0v) is 13.0. The van der Waals surface area contributed by atoms with Crippen molar-refractivity contribution in [3.63, 3.8) is 0 Å². The molecule has 0 aliphatic carbocycles. The predicted molar refractivity (Wildman–Crippen MR) is 81.9 cm³/mol. The highest BCUT2D eigenvalue weighted by Gasteiger charge is 2.15. The first kappa shape index (κ1) is 14.3. The smallest absolute Gasteiger partial charge is 0.296 e. The normalized spacial score (nSPS) is 10.7. The molecule has 0 atom stereocenters. The van der Waals surface area contributed by atoms with Gasteiger partial charge in [-0.3, -0.25) is 10.1 Å². The Bertz CT molecular complexity index is 799. The summed E-state index contributed by atoms with van der Waals surface area (Å²) in [5.41, 5.74) is 1.36. The van der Waals surface area contributed by atoms with Crippen molar-refractivity contribution in [2.45, 2.75) is 6.92 Å². The topological polar surface area (TPSA) is 86.5 Å². The number of hydrogen-bond acceptors (Lipinski definition) is 7. The van der Waals surface area contributed by atoms with Crippen molar-refractivity contribution in [2.24, 2.45) is 0 Å². The molecule has 1 aromatic carbocycles.